The maximum Gasteiger partial charge on any atom is 0.418 e. The molecule has 1 fully saturated rings. The molecule has 5 heteroatoms. The molecule has 0 radical (unpaired) electrons. The Morgan fingerprint density at radius 1 is 1.29 bits per heavy atom. The van der Waals surface area contributed by atoms with Crippen LogP contribution in [0.15, 0.2) is 22.7 Å². The van der Waals surface area contributed by atoms with Crippen molar-refractivity contribution in [3.05, 3.63) is 28.2 Å². The van der Waals surface area contributed by atoms with E-state index < -0.39 is 11.7 Å². The van der Waals surface area contributed by atoms with Gasteiger partial charge in [-0.25, -0.2) is 0 Å². The molecule has 0 bridgehead atoms. The Morgan fingerprint density at radius 3 is 2.41 bits per heavy atom. The summed E-state index contributed by atoms with van der Waals surface area (Å²) < 4.78 is 39.0. The summed E-state index contributed by atoms with van der Waals surface area (Å²) in [5.41, 5.74) is -0.628. The second kappa shape index (κ2) is 4.19. The minimum Gasteiger partial charge on any atom is -0.379 e. The van der Waals surface area contributed by atoms with E-state index in [-0.39, 0.29) is 11.2 Å². The number of nitrogens with one attached hydrogen (secondary N) is 1. The van der Waals surface area contributed by atoms with Gasteiger partial charge in [-0.1, -0.05) is 15.9 Å². The van der Waals surface area contributed by atoms with Crippen molar-refractivity contribution in [3.8, 4) is 0 Å². The summed E-state index contributed by atoms with van der Waals surface area (Å²) in [7, 11) is 0. The van der Waals surface area contributed by atoms with Crippen LogP contribution in [0.5, 0.6) is 0 Å². The molecular weight excluding hydrogens is 295 g/mol. The van der Waals surface area contributed by atoms with Crippen LogP contribution in [0.4, 0.5) is 18.9 Å². The van der Waals surface area contributed by atoms with E-state index in [1.54, 1.807) is 6.07 Å². The van der Waals surface area contributed by atoms with Gasteiger partial charge in [0.2, 0.25) is 0 Å². The Labute approximate surface area is 107 Å². The summed E-state index contributed by atoms with van der Waals surface area (Å²) in [6.45, 7) is 1.96. The van der Waals surface area contributed by atoms with Crippen molar-refractivity contribution < 1.29 is 13.2 Å². The molecule has 2 rings (SSSR count). The molecule has 0 aliphatic heterocycles. The third-order valence-corrected chi connectivity index (χ3v) is 3.67. The number of alkyl halides is 3. The third-order valence-electron chi connectivity index (χ3n) is 3.18. The van der Waals surface area contributed by atoms with Crippen molar-refractivity contribution in [1.29, 1.82) is 0 Å². The fourth-order valence-corrected chi connectivity index (χ4v) is 2.38. The van der Waals surface area contributed by atoms with Gasteiger partial charge in [-0.15, -0.1) is 0 Å². The van der Waals surface area contributed by atoms with Gasteiger partial charge in [0, 0.05) is 15.7 Å². The second-order valence-corrected chi connectivity index (χ2v) is 5.64. The number of benzene rings is 1. The molecule has 0 heterocycles. The molecular formula is C12H13BrF3N. The molecule has 1 aromatic carbocycles. The predicted octanol–water partition coefficient (Wildman–Crippen LogP) is 4.82. The number of hydrogen-bond donors (Lipinski definition) is 1. The van der Waals surface area contributed by atoms with Gasteiger partial charge in [0.1, 0.15) is 0 Å². The summed E-state index contributed by atoms with van der Waals surface area (Å²) in [4.78, 5) is 0. The normalized spacial score (nSPS) is 18.6. The van der Waals surface area contributed by atoms with Gasteiger partial charge in [0.15, 0.2) is 0 Å². The average molecular weight is 308 g/mol. The van der Waals surface area contributed by atoms with Gasteiger partial charge >= 0.3 is 6.18 Å². The molecule has 94 valence electrons. The zero-order valence-corrected chi connectivity index (χ0v) is 11.0. The van der Waals surface area contributed by atoms with E-state index in [2.05, 4.69) is 21.2 Å². The molecule has 1 nitrogen and oxygen atoms in total. The van der Waals surface area contributed by atoms with Crippen molar-refractivity contribution in [2.45, 2.75) is 37.9 Å². The van der Waals surface area contributed by atoms with E-state index in [0.717, 1.165) is 25.3 Å². The van der Waals surface area contributed by atoms with Crippen LogP contribution in [-0.2, 0) is 6.18 Å². The SMILES string of the molecule is CC1(Nc2ccc(Br)cc2C(F)(F)F)CCC1. The first-order valence-corrected chi connectivity index (χ1v) is 6.24. The fraction of sp³-hybridized carbons (Fsp3) is 0.500. The highest BCUT2D eigenvalue weighted by atomic mass is 79.9. The molecule has 0 saturated heterocycles. The van der Waals surface area contributed by atoms with Crippen molar-refractivity contribution in [3.63, 3.8) is 0 Å². The molecule has 0 aromatic heterocycles. The molecule has 1 saturated carbocycles. The quantitative estimate of drug-likeness (QED) is 0.826. The Hall–Kier alpha value is -0.710. The molecule has 1 aromatic rings. The van der Waals surface area contributed by atoms with E-state index in [4.69, 9.17) is 0 Å². The summed E-state index contributed by atoms with van der Waals surface area (Å²) in [5.74, 6) is 0. The van der Waals surface area contributed by atoms with Crippen LogP contribution < -0.4 is 5.32 Å². The Bertz CT molecular complexity index is 424. The fourth-order valence-electron chi connectivity index (χ4n) is 2.02. The molecule has 1 aliphatic rings. The van der Waals surface area contributed by atoms with Crippen LogP contribution in [0.25, 0.3) is 0 Å². The Kier molecular flexibility index (Phi) is 3.14. The topological polar surface area (TPSA) is 12.0 Å². The third kappa shape index (κ3) is 2.76. The smallest absolute Gasteiger partial charge is 0.379 e. The molecule has 1 aliphatic carbocycles. The van der Waals surface area contributed by atoms with Crippen LogP contribution in [0.1, 0.15) is 31.7 Å². The van der Waals surface area contributed by atoms with Crippen molar-refractivity contribution in [1.82, 2.24) is 0 Å². The summed E-state index contributed by atoms with van der Waals surface area (Å²) in [5, 5.41) is 3.02. The van der Waals surface area contributed by atoms with Gasteiger partial charge in [-0.05, 0) is 44.4 Å². The van der Waals surface area contributed by atoms with Gasteiger partial charge in [-0.3, -0.25) is 0 Å². The van der Waals surface area contributed by atoms with E-state index >= 15 is 0 Å². The highest BCUT2D eigenvalue weighted by molar-refractivity contribution is 9.10. The molecule has 0 amide bonds. The largest absolute Gasteiger partial charge is 0.418 e. The predicted molar refractivity (Wildman–Crippen MR) is 65.0 cm³/mol. The lowest BCUT2D eigenvalue weighted by atomic mass is 9.78. The highest BCUT2D eigenvalue weighted by Crippen LogP contribution is 2.41. The maximum absolute atomic E-state index is 12.9. The Balaban J connectivity index is 2.33. The van der Waals surface area contributed by atoms with Crippen molar-refractivity contribution in [2.75, 3.05) is 5.32 Å². The van der Waals surface area contributed by atoms with Crippen molar-refractivity contribution >= 4 is 21.6 Å². The molecule has 17 heavy (non-hydrogen) atoms. The second-order valence-electron chi connectivity index (χ2n) is 4.73. The summed E-state index contributed by atoms with van der Waals surface area (Å²) >= 11 is 3.07. The van der Waals surface area contributed by atoms with E-state index in [0.29, 0.717) is 4.47 Å². The van der Waals surface area contributed by atoms with Crippen LogP contribution >= 0.6 is 15.9 Å². The summed E-state index contributed by atoms with van der Waals surface area (Å²) in [6.07, 6.45) is -1.42. The molecule has 0 spiro atoms. The zero-order chi connectivity index (χ0) is 12.7. The van der Waals surface area contributed by atoms with Crippen LogP contribution in [0.2, 0.25) is 0 Å². The first-order valence-electron chi connectivity index (χ1n) is 5.45. The standard InChI is InChI=1S/C12H13BrF3N/c1-11(5-2-6-11)17-10-4-3-8(13)7-9(10)12(14,15)16/h3-4,7,17H,2,5-6H2,1H3. The van der Waals surface area contributed by atoms with Gasteiger partial charge in [0.05, 0.1) is 5.56 Å². The lowest BCUT2D eigenvalue weighted by molar-refractivity contribution is -0.137. The van der Waals surface area contributed by atoms with Gasteiger partial charge in [0.25, 0.3) is 0 Å². The molecule has 0 unspecified atom stereocenters. The number of halogens is 4. The first-order chi connectivity index (χ1) is 7.80. The number of hydrogen-bond acceptors (Lipinski definition) is 1. The first kappa shape index (κ1) is 12.7. The monoisotopic (exact) mass is 307 g/mol. The minimum absolute atomic E-state index is 0.169. The van der Waals surface area contributed by atoms with E-state index in [1.807, 2.05) is 6.92 Å². The maximum atomic E-state index is 12.9. The summed E-state index contributed by atoms with van der Waals surface area (Å²) in [6, 6.07) is 4.22. The number of rotatable bonds is 2. The van der Waals surface area contributed by atoms with Crippen LogP contribution in [-0.4, -0.2) is 5.54 Å². The molecule has 0 atom stereocenters. The van der Waals surface area contributed by atoms with Gasteiger partial charge < -0.3 is 5.32 Å². The molecule has 1 N–H and O–H groups in total. The zero-order valence-electron chi connectivity index (χ0n) is 9.37. The lowest BCUT2D eigenvalue weighted by Crippen LogP contribution is -2.42. The van der Waals surface area contributed by atoms with E-state index in [1.165, 1.54) is 6.07 Å². The van der Waals surface area contributed by atoms with Crippen LogP contribution in [0, 0.1) is 0 Å². The highest BCUT2D eigenvalue weighted by Gasteiger charge is 2.37. The van der Waals surface area contributed by atoms with Gasteiger partial charge in [-0.2, -0.15) is 13.2 Å². The van der Waals surface area contributed by atoms with Crippen LogP contribution in [0.3, 0.4) is 0 Å². The van der Waals surface area contributed by atoms with Crippen molar-refractivity contribution in [2.24, 2.45) is 0 Å². The minimum atomic E-state index is -4.33. The lowest BCUT2D eigenvalue weighted by Gasteiger charge is -2.40. The van der Waals surface area contributed by atoms with E-state index in [9.17, 15) is 13.2 Å². The average Bonchev–Trinajstić information content (AvgIpc) is 2.17. The number of anilines is 1. The Morgan fingerprint density at radius 2 is 1.94 bits per heavy atom.